The van der Waals surface area contributed by atoms with Crippen LogP contribution in [0.5, 0.6) is 0 Å². The van der Waals surface area contributed by atoms with Crippen LogP contribution in [-0.2, 0) is 131 Å². The Morgan fingerprint density at radius 3 is 0.532 bits per heavy atom. The van der Waals surface area contributed by atoms with E-state index in [1.165, 1.54) is 157 Å². The van der Waals surface area contributed by atoms with Crippen molar-refractivity contribution in [1.29, 1.82) is 0 Å². The second-order valence-corrected chi connectivity index (χ2v) is 31.0. The van der Waals surface area contributed by atoms with Crippen molar-refractivity contribution in [3.8, 4) is 0 Å². The summed E-state index contributed by atoms with van der Waals surface area (Å²) in [4.78, 5) is 19.0. The molecule has 0 radical (unpaired) electrons. The van der Waals surface area contributed by atoms with E-state index in [0.717, 1.165) is 0 Å². The maximum Gasteiger partial charge on any atom is 0.399 e. The van der Waals surface area contributed by atoms with Gasteiger partial charge in [-0.15, -0.1) is 0 Å². The third kappa shape index (κ3) is 70.1. The molecule has 2 rings (SSSR count). The molecule has 2 fully saturated rings. The number of hydrogen-bond donors (Lipinski definition) is 8. The highest BCUT2D eigenvalue weighted by Gasteiger charge is 2.59. The lowest BCUT2D eigenvalue weighted by Gasteiger charge is -2.47. The fourth-order valence-corrected chi connectivity index (χ4v) is 13.0. The molecule has 2 saturated heterocycles. The minimum Gasteiger partial charge on any atom is -0.341 e. The Hall–Kier alpha value is -1.48. The van der Waals surface area contributed by atoms with E-state index in [4.69, 9.17) is 27.9 Å². The first-order chi connectivity index (χ1) is 51.0. The van der Waals surface area contributed by atoms with Crippen molar-refractivity contribution in [3.63, 3.8) is 0 Å². The summed E-state index contributed by atoms with van der Waals surface area (Å²) in [5.74, 6) is 0. The third-order valence-corrected chi connectivity index (χ3v) is 20.0. The minimum absolute atomic E-state index is 1.19. The third-order valence-electron chi connectivity index (χ3n) is 16.3. The fraction of sp³-hybridized carbons (Fsp3) is 1.00. The van der Waals surface area contributed by atoms with Gasteiger partial charge in [0.1, 0.15) is 36.6 Å². The van der Waals surface area contributed by atoms with E-state index < -0.39 is 158 Å². The maximum atomic E-state index is 11.8. The fourth-order valence-electron chi connectivity index (χ4n) is 9.57. The minimum atomic E-state index is -6.20. The Morgan fingerprint density at radius 1 is 0.207 bits per heavy atom. The highest BCUT2D eigenvalue weighted by molar-refractivity contribution is 7.82. The normalized spacial score (nSPS) is 20.5. The summed E-state index contributed by atoms with van der Waals surface area (Å²) in [5, 5.41) is 0. The first kappa shape index (κ1) is 123. The van der Waals surface area contributed by atoms with E-state index in [1.54, 1.807) is 0 Å². The molecule has 2 aliphatic rings. The lowest BCUT2D eigenvalue weighted by Crippen LogP contribution is -2.67. The van der Waals surface area contributed by atoms with Crippen molar-refractivity contribution in [2.45, 2.75) is 228 Å². The molecule has 43 nitrogen and oxygen atoms in total. The molecular weight excluding hydrogens is 1650 g/mol. The molecule has 0 aromatic rings. The summed E-state index contributed by atoms with van der Waals surface area (Å²) in [6.45, 7) is 77.1. The Balaban J connectivity index is -0.000000304. The van der Waals surface area contributed by atoms with Crippen LogP contribution in [0.1, 0.15) is 166 Å². The zero-order valence-corrected chi connectivity index (χ0v) is 76.1. The van der Waals surface area contributed by atoms with Crippen molar-refractivity contribution in [2.75, 3.05) is 170 Å². The smallest absolute Gasteiger partial charge is 0.341 e. The highest BCUT2D eigenvalue weighted by atomic mass is 32.3. The SMILES string of the molecule is CCN(CC)CC.CCN(CC)CC.CCN(CC)CC.CCN(CC)CC.CCN(CC)CC.CCN(CC)CC.CCN(CC)CC.CCN(CC)CC.O=S(=O)(O)OC[C@H]1O[C@@H](OS(=O)(=O)O)[C@H](OS(=O)(=O)O)[C@@H](OS(=O)(=O)O)[C@@H]1O[C@H]1O[C@H](COS(=O)(=O)O)[C@@H](OS(=O)(=O)O)[C@H](OS(=O)(=O)O)[C@H]1OS(=O)(=O)O. The zero-order valence-electron chi connectivity index (χ0n) is 69.6. The van der Waals surface area contributed by atoms with E-state index in [2.05, 4.69) is 239 Å². The van der Waals surface area contributed by atoms with Gasteiger partial charge in [-0.2, -0.15) is 67.3 Å². The number of nitrogens with zero attached hydrogens (tertiary/aromatic N) is 8. The summed E-state index contributed by atoms with van der Waals surface area (Å²) >= 11 is 0. The van der Waals surface area contributed by atoms with Crippen LogP contribution in [0.3, 0.4) is 0 Å². The highest BCUT2D eigenvalue weighted by Crippen LogP contribution is 2.37. The van der Waals surface area contributed by atoms with Crippen LogP contribution in [-0.4, -0.2) is 375 Å². The molecule has 680 valence electrons. The standard InChI is InChI=1S/C12H22O35S8.8C6H15N/c13-48(14,15)37-1-3-5(7(43-51(22,23)24)10(46-54(31,32)33)12(40-3)47-55(34,35)36)41-11-9(45-53(28,29)30)8(44-52(25,26)27)6(42-50(19,20)21)4(39-11)2-38-49(16,17)18;8*1-4-7(5-2)6-3/h3-12H,1-2H2,(H,13,14,15)(H,16,17,18)(H,19,20,21)(H,22,23,24)(H,25,26,27)(H,28,29,30)(H,31,32,33)(H,34,35,36);8*4-6H2,1-3H3/t3-,4-,5-,6-,7+,8+,9-,10-,11-,12+;;;;;;;;/m1......../s1. The van der Waals surface area contributed by atoms with Gasteiger partial charge in [-0.05, 0) is 157 Å². The largest absolute Gasteiger partial charge is 0.399 e. The van der Waals surface area contributed by atoms with E-state index in [0.29, 0.717) is 0 Å². The molecule has 0 aromatic carbocycles. The molecule has 111 heavy (non-hydrogen) atoms. The van der Waals surface area contributed by atoms with E-state index in [9.17, 15) is 90.1 Å². The van der Waals surface area contributed by atoms with Gasteiger partial charge in [0.05, 0.1) is 13.2 Å². The lowest BCUT2D eigenvalue weighted by molar-refractivity contribution is -0.341. The molecule has 10 atom stereocenters. The molecule has 51 heteroatoms. The number of rotatable bonds is 44. The first-order valence-electron chi connectivity index (χ1n) is 36.9. The van der Waals surface area contributed by atoms with Crippen LogP contribution in [0.2, 0.25) is 0 Å². The van der Waals surface area contributed by atoms with Crippen LogP contribution < -0.4 is 0 Å². The molecule has 0 aromatic heterocycles. The van der Waals surface area contributed by atoms with E-state index >= 15 is 0 Å². The lowest BCUT2D eigenvalue weighted by atomic mass is 9.97. The molecule has 0 aliphatic carbocycles. The van der Waals surface area contributed by atoms with Crippen molar-refractivity contribution in [3.05, 3.63) is 0 Å². The van der Waals surface area contributed by atoms with Crippen LogP contribution >= 0.6 is 0 Å². The van der Waals surface area contributed by atoms with Crippen molar-refractivity contribution in [1.82, 2.24) is 39.2 Å². The summed E-state index contributed by atoms with van der Waals surface area (Å²) in [6, 6.07) is 0. The number of ether oxygens (including phenoxy) is 3. The predicted octanol–water partition coefficient (Wildman–Crippen LogP) is 4.00. The Bertz CT molecular complexity index is 3000. The Morgan fingerprint density at radius 2 is 0.360 bits per heavy atom. The average molecular weight is 1790 g/mol. The second-order valence-electron chi connectivity index (χ2n) is 22.5. The van der Waals surface area contributed by atoms with E-state index in [-0.39, 0.29) is 0 Å². The molecule has 2 heterocycles. The summed E-state index contributed by atoms with van der Waals surface area (Å²) < 4.78 is 306. The zero-order chi connectivity index (χ0) is 88.6. The molecule has 0 saturated carbocycles. The van der Waals surface area contributed by atoms with Crippen LogP contribution in [0.15, 0.2) is 0 Å². The van der Waals surface area contributed by atoms with Gasteiger partial charge in [-0.1, -0.05) is 166 Å². The van der Waals surface area contributed by atoms with Gasteiger partial charge in [0.2, 0.25) is 6.29 Å². The topological polar surface area (TPSA) is 562 Å². The summed E-state index contributed by atoms with van der Waals surface area (Å²) in [6.07, 6.45) is -32.1. The van der Waals surface area contributed by atoms with Gasteiger partial charge < -0.3 is 53.4 Å². The maximum absolute atomic E-state index is 11.8. The van der Waals surface area contributed by atoms with Crippen LogP contribution in [0, 0.1) is 0 Å². The van der Waals surface area contributed by atoms with Gasteiger partial charge in [-0.25, -0.2) is 33.5 Å². The van der Waals surface area contributed by atoms with Crippen LogP contribution in [0.4, 0.5) is 0 Å². The number of hydrogen-bond acceptors (Lipinski definition) is 35. The Labute approximate surface area is 667 Å². The average Bonchev–Trinajstić information content (AvgIpc) is 0.758. The van der Waals surface area contributed by atoms with Gasteiger partial charge in [-0.3, -0.25) is 36.4 Å². The van der Waals surface area contributed by atoms with E-state index in [1.807, 2.05) is 0 Å². The van der Waals surface area contributed by atoms with Crippen molar-refractivity contribution < 1.29 is 151 Å². The van der Waals surface area contributed by atoms with Crippen molar-refractivity contribution >= 4 is 83.2 Å². The van der Waals surface area contributed by atoms with Gasteiger partial charge >= 0.3 is 83.2 Å². The first-order valence-corrected chi connectivity index (χ1v) is 47.8. The molecule has 8 N–H and O–H groups in total. The predicted molar refractivity (Wildman–Crippen MR) is 420 cm³/mol. The molecular formula is C60H142N8O35S8. The van der Waals surface area contributed by atoms with Gasteiger partial charge in [0.25, 0.3) is 0 Å². The van der Waals surface area contributed by atoms with Crippen molar-refractivity contribution in [2.24, 2.45) is 0 Å². The molecule has 0 unspecified atom stereocenters. The molecule has 2 aliphatic heterocycles. The quantitative estimate of drug-likeness (QED) is 0.0400. The molecule has 0 spiro atoms. The summed E-state index contributed by atoms with van der Waals surface area (Å²) in [7, 11) is -48.2. The molecule has 0 bridgehead atoms. The monoisotopic (exact) mass is 1790 g/mol. The Kier molecular flexibility index (Phi) is 73.3. The van der Waals surface area contributed by atoms with Gasteiger partial charge in [0, 0.05) is 0 Å². The van der Waals surface area contributed by atoms with Gasteiger partial charge in [0.15, 0.2) is 18.5 Å². The second kappa shape index (κ2) is 66.3. The molecule has 0 amide bonds. The summed E-state index contributed by atoms with van der Waals surface area (Å²) in [5.41, 5.74) is 0. The van der Waals surface area contributed by atoms with Crippen LogP contribution in [0.25, 0.3) is 0 Å².